The number of carbonyl (C=O) groups excluding carboxylic acids is 1. The molecule has 0 radical (unpaired) electrons. The number of hydrogen-bond acceptors (Lipinski definition) is 7. The predicted molar refractivity (Wildman–Crippen MR) is 77.8 cm³/mol. The van der Waals surface area contributed by atoms with E-state index in [0.29, 0.717) is 4.88 Å². The Morgan fingerprint density at radius 3 is 2.48 bits per heavy atom. The van der Waals surface area contributed by atoms with Gasteiger partial charge in [0.2, 0.25) is 20.0 Å². The number of rotatable bonds is 7. The number of nitrogens with one attached hydrogen (secondary N) is 1. The highest BCUT2D eigenvalue weighted by atomic mass is 32.2. The molecule has 0 amide bonds. The van der Waals surface area contributed by atoms with Gasteiger partial charge >= 0.3 is 5.97 Å². The lowest BCUT2D eigenvalue weighted by molar-refractivity contribution is -0.139. The van der Waals surface area contributed by atoms with Gasteiger partial charge in [0, 0.05) is 11.4 Å². The summed E-state index contributed by atoms with van der Waals surface area (Å²) in [5.41, 5.74) is 0. The maximum Gasteiger partial charge on any atom is 0.325 e. The first-order chi connectivity index (χ1) is 9.58. The van der Waals surface area contributed by atoms with Crippen molar-refractivity contribution in [2.45, 2.75) is 22.8 Å². The van der Waals surface area contributed by atoms with E-state index < -0.39 is 31.3 Å². The Morgan fingerprint density at radius 2 is 2.00 bits per heavy atom. The first-order valence-corrected chi connectivity index (χ1v) is 9.66. The number of thiophene rings is 1. The van der Waals surface area contributed by atoms with Gasteiger partial charge in [-0.15, -0.1) is 11.3 Å². The van der Waals surface area contributed by atoms with Gasteiger partial charge in [-0.3, -0.25) is 4.79 Å². The van der Waals surface area contributed by atoms with Crippen molar-refractivity contribution in [2.75, 3.05) is 13.7 Å². The molecule has 0 aliphatic rings. The van der Waals surface area contributed by atoms with Gasteiger partial charge in [-0.05, 0) is 25.5 Å². The highest BCUT2D eigenvalue weighted by Crippen LogP contribution is 2.20. The van der Waals surface area contributed by atoms with Crippen molar-refractivity contribution >= 4 is 37.4 Å². The standard InChI is InChI=1S/C10H16N2O6S3/c1-7(10(13)18-2)21(16,17)12-6-5-8-3-4-9(19-8)20(11,14)15/h3-4,7,12H,5-6H2,1-2H3,(H2,11,14,15). The fourth-order valence-corrected chi connectivity index (χ4v) is 4.14. The second-order valence-corrected chi connectivity index (χ2v) is 9.16. The average Bonchev–Trinajstić information content (AvgIpc) is 2.85. The van der Waals surface area contributed by atoms with E-state index in [-0.39, 0.29) is 17.2 Å². The van der Waals surface area contributed by atoms with Gasteiger partial charge in [0.25, 0.3) is 0 Å². The highest BCUT2D eigenvalue weighted by molar-refractivity contribution is 7.91. The molecule has 0 saturated heterocycles. The SMILES string of the molecule is COC(=O)C(C)S(=O)(=O)NCCc1ccc(S(N)(=O)=O)s1. The van der Waals surface area contributed by atoms with Gasteiger partial charge in [-0.25, -0.2) is 26.7 Å². The van der Waals surface area contributed by atoms with E-state index in [1.54, 1.807) is 6.07 Å². The Labute approximate surface area is 127 Å². The zero-order valence-corrected chi connectivity index (χ0v) is 13.8. The molecule has 1 aromatic rings. The molecule has 3 N–H and O–H groups in total. The summed E-state index contributed by atoms with van der Waals surface area (Å²) in [6, 6.07) is 2.92. The predicted octanol–water partition coefficient (Wildman–Crippen LogP) is -0.581. The van der Waals surface area contributed by atoms with Gasteiger partial charge in [0.1, 0.15) is 4.21 Å². The minimum atomic E-state index is -3.83. The van der Waals surface area contributed by atoms with E-state index in [0.717, 1.165) is 18.4 Å². The lowest BCUT2D eigenvalue weighted by Crippen LogP contribution is -2.38. The van der Waals surface area contributed by atoms with Crippen LogP contribution in [-0.4, -0.2) is 41.7 Å². The molecule has 1 heterocycles. The highest BCUT2D eigenvalue weighted by Gasteiger charge is 2.28. The van der Waals surface area contributed by atoms with Crippen molar-refractivity contribution in [2.24, 2.45) is 5.14 Å². The van der Waals surface area contributed by atoms with Crippen LogP contribution < -0.4 is 9.86 Å². The number of hydrogen-bond donors (Lipinski definition) is 2. The number of sulfonamides is 2. The van der Waals surface area contributed by atoms with Crippen molar-refractivity contribution in [3.05, 3.63) is 17.0 Å². The normalized spacial score (nSPS) is 13.9. The quantitative estimate of drug-likeness (QED) is 0.628. The van der Waals surface area contributed by atoms with Crippen LogP contribution in [0.25, 0.3) is 0 Å². The number of carbonyl (C=O) groups is 1. The van der Waals surface area contributed by atoms with Crippen molar-refractivity contribution in [3.63, 3.8) is 0 Å². The Morgan fingerprint density at radius 1 is 1.38 bits per heavy atom. The third-order valence-corrected chi connectivity index (χ3v) is 6.90. The van der Waals surface area contributed by atoms with Gasteiger partial charge in [-0.1, -0.05) is 0 Å². The van der Waals surface area contributed by atoms with Crippen LogP contribution in [0.5, 0.6) is 0 Å². The van der Waals surface area contributed by atoms with Gasteiger partial charge < -0.3 is 4.74 Å². The molecule has 0 spiro atoms. The average molecular weight is 356 g/mol. The summed E-state index contributed by atoms with van der Waals surface area (Å²) in [4.78, 5) is 11.8. The summed E-state index contributed by atoms with van der Waals surface area (Å²) < 4.78 is 52.4. The van der Waals surface area contributed by atoms with E-state index in [4.69, 9.17) is 5.14 Å². The zero-order valence-electron chi connectivity index (χ0n) is 11.4. The van der Waals surface area contributed by atoms with Crippen LogP contribution in [0.15, 0.2) is 16.3 Å². The van der Waals surface area contributed by atoms with Crippen LogP contribution in [0.1, 0.15) is 11.8 Å². The third-order valence-electron chi connectivity index (χ3n) is 2.59. The third kappa shape index (κ3) is 5.04. The van der Waals surface area contributed by atoms with E-state index >= 15 is 0 Å². The largest absolute Gasteiger partial charge is 0.468 e. The second kappa shape index (κ2) is 6.83. The fourth-order valence-electron chi connectivity index (χ4n) is 1.38. The Hall–Kier alpha value is -1.01. The van der Waals surface area contributed by atoms with Crippen LogP contribution in [-0.2, 0) is 36.0 Å². The summed E-state index contributed by atoms with van der Waals surface area (Å²) in [7, 11) is -6.47. The molecular weight excluding hydrogens is 340 g/mol. The molecule has 0 saturated carbocycles. The van der Waals surface area contributed by atoms with Crippen molar-refractivity contribution in [1.82, 2.24) is 4.72 Å². The number of esters is 1. The maximum atomic E-state index is 11.8. The molecule has 120 valence electrons. The Balaban J connectivity index is 2.61. The molecule has 0 aliphatic carbocycles. The number of primary sulfonamides is 1. The Kier molecular flexibility index (Phi) is 5.87. The monoisotopic (exact) mass is 356 g/mol. The molecular formula is C10H16N2O6S3. The van der Waals surface area contributed by atoms with E-state index in [1.807, 2.05) is 0 Å². The van der Waals surface area contributed by atoms with Gasteiger partial charge in [0.05, 0.1) is 7.11 Å². The van der Waals surface area contributed by atoms with E-state index in [2.05, 4.69) is 9.46 Å². The number of ether oxygens (including phenoxy) is 1. The first-order valence-electron chi connectivity index (χ1n) is 5.75. The molecule has 21 heavy (non-hydrogen) atoms. The summed E-state index contributed by atoms with van der Waals surface area (Å²) in [6.07, 6.45) is 0.285. The fraction of sp³-hybridized carbons (Fsp3) is 0.500. The summed E-state index contributed by atoms with van der Waals surface area (Å²) >= 11 is 0.970. The zero-order chi connectivity index (χ0) is 16.3. The molecule has 0 bridgehead atoms. The smallest absolute Gasteiger partial charge is 0.325 e. The van der Waals surface area contributed by atoms with Crippen molar-refractivity contribution < 1.29 is 26.4 Å². The Bertz CT molecular complexity index is 707. The number of methoxy groups -OCH3 is 1. The molecule has 8 nitrogen and oxygen atoms in total. The minimum absolute atomic E-state index is 0.0169. The second-order valence-electron chi connectivity index (χ2n) is 4.12. The van der Waals surface area contributed by atoms with Crippen LogP contribution in [0.4, 0.5) is 0 Å². The summed E-state index contributed by atoms with van der Waals surface area (Å²) in [6.45, 7) is 1.26. The molecule has 0 aromatic carbocycles. The van der Waals surface area contributed by atoms with Crippen LogP contribution in [0.3, 0.4) is 0 Å². The van der Waals surface area contributed by atoms with Crippen molar-refractivity contribution in [3.8, 4) is 0 Å². The van der Waals surface area contributed by atoms with E-state index in [1.165, 1.54) is 13.0 Å². The first kappa shape index (κ1) is 18.0. The van der Waals surface area contributed by atoms with Gasteiger partial charge in [0.15, 0.2) is 5.25 Å². The van der Waals surface area contributed by atoms with Crippen LogP contribution in [0, 0.1) is 0 Å². The molecule has 1 atom stereocenters. The molecule has 1 rings (SSSR count). The number of nitrogens with two attached hydrogens (primary N) is 1. The van der Waals surface area contributed by atoms with E-state index in [9.17, 15) is 21.6 Å². The summed E-state index contributed by atoms with van der Waals surface area (Å²) in [5, 5.41) is 3.66. The molecule has 0 fully saturated rings. The lowest BCUT2D eigenvalue weighted by atomic mass is 10.3. The maximum absolute atomic E-state index is 11.8. The van der Waals surface area contributed by atoms with Crippen LogP contribution in [0.2, 0.25) is 0 Å². The van der Waals surface area contributed by atoms with Gasteiger partial charge in [-0.2, -0.15) is 0 Å². The van der Waals surface area contributed by atoms with Crippen molar-refractivity contribution in [1.29, 1.82) is 0 Å². The molecule has 1 aromatic heterocycles. The molecule has 11 heteroatoms. The van der Waals surface area contributed by atoms with Crippen LogP contribution >= 0.6 is 11.3 Å². The molecule has 0 aliphatic heterocycles. The minimum Gasteiger partial charge on any atom is -0.468 e. The topological polar surface area (TPSA) is 133 Å². The molecule has 1 unspecified atom stereocenters. The summed E-state index contributed by atoms with van der Waals surface area (Å²) in [5.74, 6) is -0.852. The lowest BCUT2D eigenvalue weighted by Gasteiger charge is -2.11.